The number of aromatic nitrogens is 3. The van der Waals surface area contributed by atoms with Crippen LogP contribution in [0.3, 0.4) is 0 Å². The van der Waals surface area contributed by atoms with Gasteiger partial charge in [0.15, 0.2) is 5.82 Å². The second-order valence-corrected chi connectivity index (χ2v) is 7.62. The van der Waals surface area contributed by atoms with Crippen LogP contribution in [0.25, 0.3) is 10.7 Å². The summed E-state index contributed by atoms with van der Waals surface area (Å²) in [4.78, 5) is 17.5. The van der Waals surface area contributed by atoms with E-state index >= 15 is 0 Å². The number of H-pyrrole nitrogens is 1. The first kappa shape index (κ1) is 17.7. The summed E-state index contributed by atoms with van der Waals surface area (Å²) in [7, 11) is 0. The van der Waals surface area contributed by atoms with Crippen LogP contribution in [0.2, 0.25) is 0 Å². The fourth-order valence-corrected chi connectivity index (χ4v) is 3.65. The summed E-state index contributed by atoms with van der Waals surface area (Å²) >= 11 is 2.95. The summed E-state index contributed by atoms with van der Waals surface area (Å²) in [6.07, 6.45) is 1.88. The zero-order valence-electron chi connectivity index (χ0n) is 13.9. The van der Waals surface area contributed by atoms with Gasteiger partial charge in [0.2, 0.25) is 11.1 Å². The lowest BCUT2D eigenvalue weighted by Gasteiger charge is -2.13. The van der Waals surface area contributed by atoms with Gasteiger partial charge in [0, 0.05) is 6.04 Å². The topological polar surface area (TPSA) is 70.7 Å². The first-order valence-electron chi connectivity index (χ1n) is 8.13. The van der Waals surface area contributed by atoms with E-state index in [4.69, 9.17) is 0 Å². The minimum absolute atomic E-state index is 0.00744. The lowest BCUT2D eigenvalue weighted by Crippen LogP contribution is -2.34. The van der Waals surface area contributed by atoms with E-state index in [0.29, 0.717) is 10.9 Å². The smallest absolute Gasteiger partial charge is 0.230 e. The zero-order chi connectivity index (χ0) is 17.5. The van der Waals surface area contributed by atoms with Crippen LogP contribution in [0.4, 0.5) is 0 Å². The molecule has 0 radical (unpaired) electrons. The molecule has 130 valence electrons. The molecule has 1 atom stereocenters. The molecule has 1 aromatic carbocycles. The minimum atomic E-state index is 0.00744. The lowest BCUT2D eigenvalue weighted by molar-refractivity contribution is -0.119. The summed E-state index contributed by atoms with van der Waals surface area (Å²) in [6, 6.07) is 14.4. The number of amides is 1. The van der Waals surface area contributed by atoms with Crippen LogP contribution < -0.4 is 5.32 Å². The summed E-state index contributed by atoms with van der Waals surface area (Å²) in [5.41, 5.74) is 1.29. The van der Waals surface area contributed by atoms with E-state index in [1.54, 1.807) is 11.3 Å². The molecule has 1 amide bonds. The molecule has 25 heavy (non-hydrogen) atoms. The van der Waals surface area contributed by atoms with Crippen molar-refractivity contribution in [1.29, 1.82) is 0 Å². The molecule has 0 fully saturated rings. The van der Waals surface area contributed by atoms with Crippen LogP contribution in [0.1, 0.15) is 18.9 Å². The highest BCUT2D eigenvalue weighted by Gasteiger charge is 2.11. The predicted molar refractivity (Wildman–Crippen MR) is 103 cm³/mol. The molecule has 0 bridgehead atoms. The first-order valence-corrected chi connectivity index (χ1v) is 9.99. The third-order valence-corrected chi connectivity index (χ3v) is 5.39. The van der Waals surface area contributed by atoms with Crippen LogP contribution >= 0.6 is 23.1 Å². The monoisotopic (exact) mass is 372 g/mol. The number of benzene rings is 1. The molecule has 7 heteroatoms. The number of nitrogens with zero attached hydrogens (tertiary/aromatic N) is 2. The van der Waals surface area contributed by atoms with Crippen molar-refractivity contribution in [3.8, 4) is 10.7 Å². The molecule has 3 rings (SSSR count). The fourth-order valence-electron chi connectivity index (χ4n) is 2.38. The average molecular weight is 373 g/mol. The van der Waals surface area contributed by atoms with Crippen LogP contribution in [0.5, 0.6) is 0 Å². The fraction of sp³-hybridized carbons (Fsp3) is 0.278. The summed E-state index contributed by atoms with van der Waals surface area (Å²) in [5, 5.41) is 12.7. The van der Waals surface area contributed by atoms with Crippen molar-refractivity contribution in [3.05, 3.63) is 53.4 Å². The molecule has 2 N–H and O–H groups in total. The zero-order valence-corrected chi connectivity index (χ0v) is 15.6. The van der Waals surface area contributed by atoms with Crippen LogP contribution in [0, 0.1) is 0 Å². The second-order valence-electron chi connectivity index (χ2n) is 5.73. The Balaban J connectivity index is 1.40. The first-order chi connectivity index (χ1) is 12.2. The molecule has 2 aromatic heterocycles. The molecule has 2 heterocycles. The van der Waals surface area contributed by atoms with Gasteiger partial charge in [-0.3, -0.25) is 9.89 Å². The number of carbonyl (C=O) groups is 1. The molecular weight excluding hydrogens is 352 g/mol. The lowest BCUT2D eigenvalue weighted by atomic mass is 10.1. The number of nitrogens with one attached hydrogen (secondary N) is 2. The van der Waals surface area contributed by atoms with Gasteiger partial charge in [0.05, 0.1) is 10.6 Å². The van der Waals surface area contributed by atoms with Gasteiger partial charge in [-0.2, -0.15) is 0 Å². The highest BCUT2D eigenvalue weighted by atomic mass is 32.2. The Morgan fingerprint density at radius 3 is 2.88 bits per heavy atom. The molecule has 1 unspecified atom stereocenters. The maximum Gasteiger partial charge on any atom is 0.230 e. The Morgan fingerprint density at radius 2 is 2.12 bits per heavy atom. The van der Waals surface area contributed by atoms with Gasteiger partial charge in [0.25, 0.3) is 0 Å². The third kappa shape index (κ3) is 5.44. The van der Waals surface area contributed by atoms with E-state index in [-0.39, 0.29) is 11.9 Å². The molecule has 0 aliphatic rings. The van der Waals surface area contributed by atoms with Crippen molar-refractivity contribution in [3.63, 3.8) is 0 Å². The Morgan fingerprint density at radius 1 is 1.28 bits per heavy atom. The number of thiophene rings is 1. The molecular formula is C18H20N4OS2. The number of thioether (sulfide) groups is 1. The molecule has 0 saturated heterocycles. The maximum absolute atomic E-state index is 12.1. The normalized spacial score (nSPS) is 12.0. The largest absolute Gasteiger partial charge is 0.353 e. The Labute approximate surface area is 155 Å². The summed E-state index contributed by atoms with van der Waals surface area (Å²) < 4.78 is 0. The Hall–Kier alpha value is -2.12. The average Bonchev–Trinajstić information content (AvgIpc) is 3.30. The van der Waals surface area contributed by atoms with E-state index in [2.05, 4.69) is 32.6 Å². The molecule has 0 spiro atoms. The molecule has 5 nitrogen and oxygen atoms in total. The van der Waals surface area contributed by atoms with Crippen molar-refractivity contribution >= 4 is 29.0 Å². The van der Waals surface area contributed by atoms with Gasteiger partial charge in [-0.25, -0.2) is 4.98 Å². The van der Waals surface area contributed by atoms with Gasteiger partial charge in [0.1, 0.15) is 0 Å². The van der Waals surface area contributed by atoms with Gasteiger partial charge in [-0.05, 0) is 36.8 Å². The number of aryl methyl sites for hydroxylation is 1. The molecule has 0 aliphatic heterocycles. The standard InChI is InChI=1S/C18H20N4OS2/c1-13(9-10-14-6-3-2-4-7-14)19-16(23)12-25-18-20-17(21-22-18)15-8-5-11-24-15/h2-8,11,13H,9-10,12H2,1H3,(H,19,23)(H,20,21,22). The molecule has 0 aliphatic carbocycles. The highest BCUT2D eigenvalue weighted by molar-refractivity contribution is 7.99. The minimum Gasteiger partial charge on any atom is -0.353 e. The van der Waals surface area contributed by atoms with Gasteiger partial charge < -0.3 is 5.32 Å². The Kier molecular flexibility index (Phi) is 6.25. The number of hydrogen-bond donors (Lipinski definition) is 2. The van der Waals surface area contributed by atoms with Crippen molar-refractivity contribution in [2.45, 2.75) is 31.0 Å². The number of rotatable bonds is 8. The van der Waals surface area contributed by atoms with Gasteiger partial charge in [-0.1, -0.05) is 48.2 Å². The Bertz CT molecular complexity index is 787. The van der Waals surface area contributed by atoms with E-state index < -0.39 is 0 Å². The van der Waals surface area contributed by atoms with E-state index in [9.17, 15) is 4.79 Å². The number of hydrogen-bond acceptors (Lipinski definition) is 5. The highest BCUT2D eigenvalue weighted by Crippen LogP contribution is 2.23. The molecule has 0 saturated carbocycles. The van der Waals surface area contributed by atoms with Crippen LogP contribution in [-0.2, 0) is 11.2 Å². The van der Waals surface area contributed by atoms with Crippen LogP contribution in [0.15, 0.2) is 53.0 Å². The van der Waals surface area contributed by atoms with Gasteiger partial charge >= 0.3 is 0 Å². The maximum atomic E-state index is 12.1. The third-order valence-electron chi connectivity index (χ3n) is 3.67. The number of aromatic amines is 1. The molecule has 3 aromatic rings. The van der Waals surface area contributed by atoms with Crippen molar-refractivity contribution < 1.29 is 4.79 Å². The van der Waals surface area contributed by atoms with E-state index in [0.717, 1.165) is 23.5 Å². The quantitative estimate of drug-likeness (QED) is 0.591. The number of carbonyl (C=O) groups excluding carboxylic acids is 1. The SMILES string of the molecule is CC(CCc1ccccc1)NC(=O)CSc1n[nH]c(-c2cccs2)n1. The predicted octanol–water partition coefficient (Wildman–Crippen LogP) is 3.76. The van der Waals surface area contributed by atoms with E-state index in [1.165, 1.54) is 17.3 Å². The summed E-state index contributed by atoms with van der Waals surface area (Å²) in [6.45, 7) is 2.03. The van der Waals surface area contributed by atoms with Crippen molar-refractivity contribution in [2.24, 2.45) is 0 Å². The van der Waals surface area contributed by atoms with Crippen molar-refractivity contribution in [1.82, 2.24) is 20.5 Å². The van der Waals surface area contributed by atoms with Crippen molar-refractivity contribution in [2.75, 3.05) is 5.75 Å². The summed E-state index contributed by atoms with van der Waals surface area (Å²) in [5.74, 6) is 1.07. The van der Waals surface area contributed by atoms with Crippen LogP contribution in [-0.4, -0.2) is 32.9 Å². The second kappa shape index (κ2) is 8.82. The van der Waals surface area contributed by atoms with E-state index in [1.807, 2.05) is 42.6 Å². The van der Waals surface area contributed by atoms with Gasteiger partial charge in [-0.15, -0.1) is 16.4 Å².